The summed E-state index contributed by atoms with van der Waals surface area (Å²) in [6.07, 6.45) is 2.64. The molecule has 0 spiro atoms. The number of hydrogen-bond acceptors (Lipinski definition) is 5. The third-order valence-corrected chi connectivity index (χ3v) is 6.83. The first-order valence-electron chi connectivity index (χ1n) is 9.79. The van der Waals surface area contributed by atoms with Gasteiger partial charge >= 0.3 is 0 Å². The van der Waals surface area contributed by atoms with Crippen LogP contribution in [0.15, 0.2) is 47.6 Å². The molecule has 7 heteroatoms. The minimum Gasteiger partial charge on any atom is -0.390 e. The summed E-state index contributed by atoms with van der Waals surface area (Å²) < 4.78 is 15.5. The molecule has 150 valence electrons. The van der Waals surface area contributed by atoms with E-state index in [9.17, 15) is 14.6 Å². The van der Waals surface area contributed by atoms with E-state index in [1.54, 1.807) is 0 Å². The van der Waals surface area contributed by atoms with Crippen molar-refractivity contribution in [3.05, 3.63) is 54.0 Å². The van der Waals surface area contributed by atoms with Crippen LogP contribution in [0.2, 0.25) is 0 Å². The first kappa shape index (κ1) is 18.3. The molecule has 5 rings (SSSR count). The number of rotatable bonds is 5. The minimum atomic E-state index is -0.831. The molecule has 2 saturated carbocycles. The highest BCUT2D eigenvalue weighted by Gasteiger charge is 2.70. The number of hydrogen-bond donors (Lipinski definition) is 3. The molecule has 0 bridgehead atoms. The summed E-state index contributed by atoms with van der Waals surface area (Å²) in [4.78, 5) is 8.15. The highest BCUT2D eigenvalue weighted by Crippen LogP contribution is 2.69. The van der Waals surface area contributed by atoms with Crippen molar-refractivity contribution in [2.45, 2.75) is 37.5 Å². The van der Waals surface area contributed by atoms with Crippen LogP contribution >= 0.6 is 0 Å². The number of halogens is 1. The van der Waals surface area contributed by atoms with E-state index in [0.29, 0.717) is 16.7 Å². The van der Waals surface area contributed by atoms with Crippen molar-refractivity contribution in [3.63, 3.8) is 0 Å². The Kier molecular flexibility index (Phi) is 4.01. The minimum absolute atomic E-state index is 0.106. The van der Waals surface area contributed by atoms with Crippen LogP contribution in [0.25, 0.3) is 10.9 Å². The number of aryl methyl sites for hydroxylation is 1. The average Bonchev–Trinajstić information content (AvgIpc) is 3.15. The fraction of sp³-hybridized carbons (Fsp3) is 0.364. The molecular formula is C22H23FN4O2. The van der Waals surface area contributed by atoms with Crippen LogP contribution in [0.5, 0.6) is 0 Å². The number of nitrogens with zero attached hydrogens (tertiary/aromatic N) is 3. The smallest absolute Gasteiger partial charge is 0.165 e. The quantitative estimate of drug-likeness (QED) is 0.580. The summed E-state index contributed by atoms with van der Waals surface area (Å²) in [6, 6.07) is 10.6. The van der Waals surface area contributed by atoms with Crippen molar-refractivity contribution in [2.75, 3.05) is 5.73 Å². The van der Waals surface area contributed by atoms with Crippen LogP contribution in [-0.4, -0.2) is 38.7 Å². The fourth-order valence-electron chi connectivity index (χ4n) is 5.22. The molecule has 5 atom stereocenters. The SMILES string of the molecule is C=Nc1cccn1[C@H]1[C@H](O)[C@H](O)C2(CCc3ccc4cc(F)c(N)nc4c3)C[C@H]12. The topological polar surface area (TPSA) is 96.7 Å². The van der Waals surface area contributed by atoms with Gasteiger partial charge < -0.3 is 20.5 Å². The van der Waals surface area contributed by atoms with Crippen LogP contribution in [0, 0.1) is 17.2 Å². The molecule has 2 aliphatic rings. The number of aliphatic hydroxyl groups is 2. The molecule has 2 aliphatic carbocycles. The zero-order valence-corrected chi connectivity index (χ0v) is 15.9. The second-order valence-corrected chi connectivity index (χ2v) is 8.28. The largest absolute Gasteiger partial charge is 0.390 e. The number of nitrogens with two attached hydrogens (primary N) is 1. The van der Waals surface area contributed by atoms with Gasteiger partial charge in [-0.2, -0.15) is 0 Å². The second-order valence-electron chi connectivity index (χ2n) is 8.28. The van der Waals surface area contributed by atoms with Crippen molar-refractivity contribution >= 4 is 29.3 Å². The van der Waals surface area contributed by atoms with Gasteiger partial charge in [0.05, 0.1) is 17.7 Å². The van der Waals surface area contributed by atoms with Crippen LogP contribution in [-0.2, 0) is 6.42 Å². The van der Waals surface area contributed by atoms with E-state index >= 15 is 0 Å². The van der Waals surface area contributed by atoms with Gasteiger partial charge in [-0.15, -0.1) is 0 Å². The van der Waals surface area contributed by atoms with Crippen LogP contribution in [0.4, 0.5) is 16.0 Å². The maximum atomic E-state index is 13.6. The van der Waals surface area contributed by atoms with Crippen molar-refractivity contribution in [2.24, 2.45) is 16.3 Å². The zero-order valence-electron chi connectivity index (χ0n) is 15.9. The lowest BCUT2D eigenvalue weighted by Gasteiger charge is -2.25. The summed E-state index contributed by atoms with van der Waals surface area (Å²) in [6.45, 7) is 3.59. The van der Waals surface area contributed by atoms with Crippen molar-refractivity contribution in [3.8, 4) is 0 Å². The average molecular weight is 394 g/mol. The van der Waals surface area contributed by atoms with Crippen LogP contribution in [0.3, 0.4) is 0 Å². The number of fused-ring (bicyclic) bond motifs is 2. The number of aliphatic imine (C=N–C) groups is 1. The highest BCUT2D eigenvalue weighted by molar-refractivity contribution is 5.80. The molecule has 3 aromatic rings. The molecule has 0 aliphatic heterocycles. The lowest BCUT2D eigenvalue weighted by molar-refractivity contribution is -0.0194. The molecule has 2 aromatic heterocycles. The number of benzene rings is 1. The summed E-state index contributed by atoms with van der Waals surface area (Å²) in [5.41, 5.74) is 7.01. The lowest BCUT2D eigenvalue weighted by Crippen LogP contribution is -2.34. The number of aromatic nitrogens is 2. The van der Waals surface area contributed by atoms with Crippen LogP contribution in [0.1, 0.15) is 24.4 Å². The Morgan fingerprint density at radius 2 is 2.14 bits per heavy atom. The van der Waals surface area contributed by atoms with Crippen LogP contribution < -0.4 is 5.73 Å². The molecule has 2 heterocycles. The van der Waals surface area contributed by atoms with Gasteiger partial charge in [-0.1, -0.05) is 12.1 Å². The van der Waals surface area contributed by atoms with Gasteiger partial charge in [-0.25, -0.2) is 14.4 Å². The first-order valence-corrected chi connectivity index (χ1v) is 9.79. The van der Waals surface area contributed by atoms with Gasteiger partial charge in [0.15, 0.2) is 11.6 Å². The third-order valence-electron chi connectivity index (χ3n) is 6.83. The van der Waals surface area contributed by atoms with E-state index in [4.69, 9.17) is 5.73 Å². The van der Waals surface area contributed by atoms with E-state index in [1.807, 2.05) is 41.1 Å². The number of nitrogen functional groups attached to an aromatic ring is 1. The van der Waals surface area contributed by atoms with E-state index in [0.717, 1.165) is 24.8 Å². The van der Waals surface area contributed by atoms with Gasteiger partial charge in [0.2, 0.25) is 0 Å². The molecule has 1 unspecified atom stereocenters. The summed E-state index contributed by atoms with van der Waals surface area (Å²) in [5, 5.41) is 22.3. The predicted octanol–water partition coefficient (Wildman–Crippen LogP) is 3.01. The van der Waals surface area contributed by atoms with Gasteiger partial charge in [0.1, 0.15) is 11.9 Å². The molecule has 29 heavy (non-hydrogen) atoms. The highest BCUT2D eigenvalue weighted by atomic mass is 19.1. The monoisotopic (exact) mass is 394 g/mol. The van der Waals surface area contributed by atoms with E-state index in [1.165, 1.54) is 6.07 Å². The first-order chi connectivity index (χ1) is 13.9. The Hall–Kier alpha value is -2.77. The standard InChI is InChI=1S/C22H23FN4O2/c1-25-17-3-2-8-27(17)18-14-11-22(14,20(29)19(18)28)7-6-12-4-5-13-10-15(23)21(24)26-16(13)9-12/h2-5,8-10,14,18-20,28-29H,1,6-7,11H2,(H2,24,26)/t14-,18-,19+,20+,22?/m1/s1. The molecule has 6 nitrogen and oxygen atoms in total. The molecular weight excluding hydrogens is 371 g/mol. The Morgan fingerprint density at radius 1 is 1.31 bits per heavy atom. The van der Waals surface area contributed by atoms with E-state index in [-0.39, 0.29) is 23.2 Å². The summed E-state index contributed by atoms with van der Waals surface area (Å²) in [7, 11) is 0. The maximum absolute atomic E-state index is 13.6. The Bertz CT molecular complexity index is 1110. The third kappa shape index (κ3) is 2.68. The predicted molar refractivity (Wildman–Crippen MR) is 110 cm³/mol. The Labute approximate surface area is 167 Å². The number of pyridine rings is 1. The van der Waals surface area contributed by atoms with Crippen molar-refractivity contribution in [1.29, 1.82) is 0 Å². The molecule has 4 N–H and O–H groups in total. The molecule has 0 radical (unpaired) electrons. The van der Waals surface area contributed by atoms with E-state index in [2.05, 4.69) is 16.7 Å². The lowest BCUT2D eigenvalue weighted by atomic mass is 9.91. The number of anilines is 1. The fourth-order valence-corrected chi connectivity index (χ4v) is 5.22. The molecule has 0 saturated heterocycles. The van der Waals surface area contributed by atoms with Gasteiger partial charge in [0.25, 0.3) is 0 Å². The second kappa shape index (κ2) is 6.37. The zero-order chi connectivity index (χ0) is 20.3. The summed E-state index contributed by atoms with van der Waals surface area (Å²) in [5.74, 6) is 0.279. The Morgan fingerprint density at radius 3 is 2.93 bits per heavy atom. The van der Waals surface area contributed by atoms with Crippen molar-refractivity contribution < 1.29 is 14.6 Å². The van der Waals surface area contributed by atoms with E-state index < -0.39 is 18.0 Å². The van der Waals surface area contributed by atoms with Gasteiger partial charge in [-0.05, 0) is 61.7 Å². The Balaban J connectivity index is 1.37. The number of aliphatic hydroxyl groups excluding tert-OH is 2. The molecule has 0 amide bonds. The summed E-state index contributed by atoms with van der Waals surface area (Å²) >= 11 is 0. The molecule has 1 aromatic carbocycles. The van der Waals surface area contributed by atoms with Gasteiger partial charge in [-0.3, -0.25) is 0 Å². The van der Waals surface area contributed by atoms with Crippen molar-refractivity contribution in [1.82, 2.24) is 9.55 Å². The maximum Gasteiger partial charge on any atom is 0.165 e. The molecule has 2 fully saturated rings. The normalized spacial score (nSPS) is 30.4. The van der Waals surface area contributed by atoms with Gasteiger partial charge in [0, 0.05) is 17.0 Å².